The van der Waals surface area contributed by atoms with Crippen LogP contribution in [0.3, 0.4) is 0 Å². The number of aryl methyl sites for hydroxylation is 1. The van der Waals surface area contributed by atoms with Gasteiger partial charge in [-0.3, -0.25) is 4.79 Å². The van der Waals surface area contributed by atoms with Gasteiger partial charge in [-0.15, -0.1) is 0 Å². The van der Waals surface area contributed by atoms with E-state index in [-0.39, 0.29) is 23.4 Å². The van der Waals surface area contributed by atoms with E-state index < -0.39 is 21.2 Å². The molecule has 2 fully saturated rings. The van der Waals surface area contributed by atoms with Gasteiger partial charge in [-0.05, 0) is 116 Å². The molecule has 1 spiro atoms. The van der Waals surface area contributed by atoms with E-state index in [0.717, 1.165) is 74.5 Å². The van der Waals surface area contributed by atoms with Crippen LogP contribution in [-0.4, -0.2) is 52.5 Å². The zero-order chi connectivity index (χ0) is 30.6. The van der Waals surface area contributed by atoms with E-state index >= 15 is 0 Å². The molecule has 0 aromatic heterocycles. The standard InChI is InChI=1S/C35H43ClN2O5S/c1-22-5-3-7-31(42-2)28-13-10-26(28)19-38-20-35(16-4-6-24-17-27(36)12-14-29(24)35)21-43-32-15-11-25(18-30(32)38)34(39)37-44(40,41)33(22)23-8-9-23/h3,7,11-12,14-15,17-18,22-23,26,28,31,33H,4-6,8-10,13,16,19-21H2,1-2H3,(H,37,39)/b7-3+/t22-,26+,28-,31+,33+,35+/m1/s1. The molecule has 44 heavy (non-hydrogen) atoms. The number of allylic oxidation sites excluding steroid dienone is 1. The van der Waals surface area contributed by atoms with E-state index in [1.807, 2.05) is 25.1 Å². The Morgan fingerprint density at radius 1 is 1.09 bits per heavy atom. The minimum Gasteiger partial charge on any atom is -0.490 e. The summed E-state index contributed by atoms with van der Waals surface area (Å²) in [5.74, 6) is 0.903. The molecule has 9 heteroatoms. The van der Waals surface area contributed by atoms with Crippen LogP contribution in [0.15, 0.2) is 48.6 Å². The first kappa shape index (κ1) is 30.1. The van der Waals surface area contributed by atoms with Crippen molar-refractivity contribution in [1.82, 2.24) is 4.72 Å². The summed E-state index contributed by atoms with van der Waals surface area (Å²) in [5.41, 5.74) is 3.53. The van der Waals surface area contributed by atoms with Crippen molar-refractivity contribution in [2.24, 2.45) is 23.7 Å². The van der Waals surface area contributed by atoms with Crippen molar-refractivity contribution in [1.29, 1.82) is 0 Å². The van der Waals surface area contributed by atoms with Crippen molar-refractivity contribution in [3.8, 4) is 5.75 Å². The number of ether oxygens (including phenoxy) is 2. The quantitative estimate of drug-likeness (QED) is 0.390. The molecule has 5 aliphatic rings. The molecule has 2 heterocycles. The molecular formula is C35H43ClN2O5S. The molecule has 2 saturated carbocycles. The predicted molar refractivity (Wildman–Crippen MR) is 173 cm³/mol. The minimum absolute atomic E-state index is 0.0231. The Morgan fingerprint density at radius 3 is 2.66 bits per heavy atom. The molecule has 6 atom stereocenters. The van der Waals surface area contributed by atoms with Gasteiger partial charge in [0.25, 0.3) is 5.91 Å². The molecule has 2 aromatic rings. The van der Waals surface area contributed by atoms with Gasteiger partial charge >= 0.3 is 0 Å². The SMILES string of the molecule is CO[C@H]1/C=C/C[C@@H](C)[C@@H](C2CC2)S(=O)(=O)NC(=O)c2ccc3c(c2)N(C[C@@H]2CC[C@H]21)C[C@@]1(CCCc2cc(Cl)ccc21)CO3. The van der Waals surface area contributed by atoms with Crippen molar-refractivity contribution in [3.05, 3.63) is 70.3 Å². The Balaban J connectivity index is 1.30. The van der Waals surface area contributed by atoms with Crippen molar-refractivity contribution in [2.45, 2.75) is 75.1 Å². The molecule has 0 saturated heterocycles. The molecule has 0 unspecified atom stereocenters. The Bertz CT molecular complexity index is 1570. The molecule has 236 valence electrons. The van der Waals surface area contributed by atoms with Crippen LogP contribution in [0.5, 0.6) is 5.75 Å². The summed E-state index contributed by atoms with van der Waals surface area (Å²) >= 11 is 6.42. The number of rotatable bonds is 2. The van der Waals surface area contributed by atoms with Crippen LogP contribution in [0.1, 0.15) is 73.4 Å². The lowest BCUT2D eigenvalue weighted by Gasteiger charge is -2.46. The van der Waals surface area contributed by atoms with E-state index in [0.29, 0.717) is 30.4 Å². The lowest BCUT2D eigenvalue weighted by Crippen LogP contribution is -2.49. The summed E-state index contributed by atoms with van der Waals surface area (Å²) in [5, 5.41) is 0.144. The molecule has 7 rings (SSSR count). The summed E-state index contributed by atoms with van der Waals surface area (Å²) in [6, 6.07) is 11.6. The second kappa shape index (κ2) is 11.7. The molecule has 1 amide bonds. The van der Waals surface area contributed by atoms with Gasteiger partial charge in [-0.25, -0.2) is 13.1 Å². The monoisotopic (exact) mass is 638 g/mol. The lowest BCUT2D eigenvalue weighted by molar-refractivity contribution is 0.0131. The number of benzene rings is 2. The minimum atomic E-state index is -3.88. The topological polar surface area (TPSA) is 84.9 Å². The van der Waals surface area contributed by atoms with Gasteiger partial charge in [0.15, 0.2) is 0 Å². The van der Waals surface area contributed by atoms with Gasteiger partial charge in [0.1, 0.15) is 5.75 Å². The number of carbonyl (C=O) groups is 1. The van der Waals surface area contributed by atoms with Crippen molar-refractivity contribution in [3.63, 3.8) is 0 Å². The number of carbonyl (C=O) groups excluding carboxylic acids is 1. The van der Waals surface area contributed by atoms with E-state index in [1.165, 1.54) is 11.1 Å². The molecule has 3 aliphatic carbocycles. The smallest absolute Gasteiger partial charge is 0.264 e. The molecule has 2 bridgehead atoms. The molecule has 0 radical (unpaired) electrons. The number of fused-ring (bicyclic) bond motifs is 4. The number of nitrogens with one attached hydrogen (secondary N) is 1. The van der Waals surface area contributed by atoms with Crippen LogP contribution < -0.4 is 14.4 Å². The molecule has 2 aliphatic heterocycles. The maximum atomic E-state index is 13.7. The summed E-state index contributed by atoms with van der Waals surface area (Å²) < 4.78 is 42.5. The molecule has 2 aromatic carbocycles. The van der Waals surface area contributed by atoms with Crippen molar-refractivity contribution < 1.29 is 22.7 Å². The zero-order valence-electron chi connectivity index (χ0n) is 25.6. The number of hydrogen-bond acceptors (Lipinski definition) is 6. The van der Waals surface area contributed by atoms with Crippen LogP contribution in [0.2, 0.25) is 5.02 Å². The van der Waals surface area contributed by atoms with Gasteiger partial charge in [-0.2, -0.15) is 0 Å². The lowest BCUT2D eigenvalue weighted by atomic mass is 9.68. The van der Waals surface area contributed by atoms with Gasteiger partial charge < -0.3 is 14.4 Å². The fourth-order valence-electron chi connectivity index (χ4n) is 8.45. The number of nitrogens with zero attached hydrogens (tertiary/aromatic N) is 1. The highest BCUT2D eigenvalue weighted by Gasteiger charge is 2.46. The summed E-state index contributed by atoms with van der Waals surface area (Å²) in [6.45, 7) is 4.07. The predicted octanol–water partition coefficient (Wildman–Crippen LogP) is 6.29. The third kappa shape index (κ3) is 5.56. The first-order valence-electron chi connectivity index (χ1n) is 16.2. The third-order valence-electron chi connectivity index (χ3n) is 11.0. The van der Waals surface area contributed by atoms with Crippen molar-refractivity contribution in [2.75, 3.05) is 31.7 Å². The zero-order valence-corrected chi connectivity index (χ0v) is 27.2. The highest BCUT2D eigenvalue weighted by Crippen LogP contribution is 2.47. The first-order valence-corrected chi connectivity index (χ1v) is 18.2. The maximum Gasteiger partial charge on any atom is 0.264 e. The normalized spacial score (nSPS) is 34.0. The van der Waals surface area contributed by atoms with Gasteiger partial charge in [0, 0.05) is 36.2 Å². The van der Waals surface area contributed by atoms with Gasteiger partial charge in [0.05, 0.1) is 23.6 Å². The van der Waals surface area contributed by atoms with E-state index in [1.54, 1.807) is 13.2 Å². The van der Waals surface area contributed by atoms with Crippen LogP contribution in [0.25, 0.3) is 0 Å². The fourth-order valence-corrected chi connectivity index (χ4v) is 10.7. The van der Waals surface area contributed by atoms with Crippen molar-refractivity contribution >= 4 is 33.2 Å². The Morgan fingerprint density at radius 2 is 1.91 bits per heavy atom. The Labute approximate surface area is 266 Å². The summed E-state index contributed by atoms with van der Waals surface area (Å²) in [7, 11) is -2.11. The number of amides is 1. The summed E-state index contributed by atoms with van der Waals surface area (Å²) in [6.07, 6.45) is 11.9. The first-order chi connectivity index (χ1) is 21.2. The van der Waals surface area contributed by atoms with Crippen LogP contribution in [0, 0.1) is 23.7 Å². The highest BCUT2D eigenvalue weighted by atomic mass is 35.5. The largest absolute Gasteiger partial charge is 0.490 e. The van der Waals surface area contributed by atoms with Crippen LogP contribution >= 0.6 is 11.6 Å². The van der Waals surface area contributed by atoms with Gasteiger partial charge in [-0.1, -0.05) is 36.7 Å². The number of methoxy groups -OCH3 is 1. The van der Waals surface area contributed by atoms with E-state index in [2.05, 4.69) is 33.9 Å². The number of anilines is 1. The number of hydrogen-bond donors (Lipinski definition) is 1. The second-order valence-electron chi connectivity index (χ2n) is 13.9. The van der Waals surface area contributed by atoms with E-state index in [9.17, 15) is 13.2 Å². The van der Waals surface area contributed by atoms with E-state index in [4.69, 9.17) is 21.1 Å². The molecule has 1 N–H and O–H groups in total. The van der Waals surface area contributed by atoms with Crippen LogP contribution in [-0.2, 0) is 26.6 Å². The fraction of sp³-hybridized carbons (Fsp3) is 0.571. The number of halogens is 1. The summed E-state index contributed by atoms with van der Waals surface area (Å²) in [4.78, 5) is 16.0. The second-order valence-corrected chi connectivity index (χ2v) is 16.2. The highest BCUT2D eigenvalue weighted by molar-refractivity contribution is 7.90. The maximum absolute atomic E-state index is 13.7. The van der Waals surface area contributed by atoms with Gasteiger partial charge in [0.2, 0.25) is 10.0 Å². The average Bonchev–Trinajstić information content (AvgIpc) is 3.82. The Kier molecular flexibility index (Phi) is 7.99. The number of sulfonamides is 1. The Hall–Kier alpha value is -2.55. The third-order valence-corrected chi connectivity index (χ3v) is 13.3. The molecule has 7 nitrogen and oxygen atoms in total. The molecular weight excluding hydrogens is 596 g/mol. The van der Waals surface area contributed by atoms with Crippen LogP contribution in [0.4, 0.5) is 5.69 Å². The average molecular weight is 639 g/mol.